The van der Waals surface area contributed by atoms with Gasteiger partial charge in [-0.1, -0.05) is 44.2 Å². The molecule has 1 aliphatic rings. The maximum absolute atomic E-state index is 3.60. The van der Waals surface area contributed by atoms with Gasteiger partial charge in [0, 0.05) is 23.4 Å². The van der Waals surface area contributed by atoms with Gasteiger partial charge in [-0.25, -0.2) is 0 Å². The van der Waals surface area contributed by atoms with Gasteiger partial charge in [0.25, 0.3) is 0 Å². The first kappa shape index (κ1) is 13.8. The lowest BCUT2D eigenvalue weighted by atomic mass is 9.91. The molecule has 0 spiro atoms. The van der Waals surface area contributed by atoms with Gasteiger partial charge in [0.15, 0.2) is 0 Å². The summed E-state index contributed by atoms with van der Waals surface area (Å²) in [6.45, 7) is 6.59. The largest absolute Gasteiger partial charge is 0.312 e. The molecule has 1 N–H and O–H groups in total. The number of benzene rings is 1. The molecule has 1 aromatic heterocycles. The van der Waals surface area contributed by atoms with Crippen molar-refractivity contribution in [1.29, 1.82) is 0 Å². The molecular formula is C18H23NS. The van der Waals surface area contributed by atoms with Crippen LogP contribution in [0.4, 0.5) is 0 Å². The van der Waals surface area contributed by atoms with Crippen molar-refractivity contribution in [3.8, 4) is 0 Å². The SMILES string of the molecule is CC(C)(CNCc1ccc(C2CC2)cc1)c1cccs1. The summed E-state index contributed by atoms with van der Waals surface area (Å²) in [7, 11) is 0. The van der Waals surface area contributed by atoms with E-state index in [4.69, 9.17) is 0 Å². The Morgan fingerprint density at radius 2 is 1.90 bits per heavy atom. The van der Waals surface area contributed by atoms with Crippen LogP contribution >= 0.6 is 11.3 Å². The first-order valence-corrected chi connectivity index (χ1v) is 8.37. The third kappa shape index (κ3) is 3.31. The van der Waals surface area contributed by atoms with Crippen LogP contribution in [0.25, 0.3) is 0 Å². The molecule has 0 saturated heterocycles. The standard InChI is InChI=1S/C18H23NS/c1-18(2,17-4-3-11-20-17)13-19-12-14-5-7-15(8-6-14)16-9-10-16/h3-8,11,16,19H,9-10,12-13H2,1-2H3. The number of hydrogen-bond acceptors (Lipinski definition) is 2. The molecule has 1 heterocycles. The summed E-state index contributed by atoms with van der Waals surface area (Å²) in [6.07, 6.45) is 2.76. The van der Waals surface area contributed by atoms with Gasteiger partial charge in [0.05, 0.1) is 0 Å². The van der Waals surface area contributed by atoms with Crippen molar-refractivity contribution in [3.05, 3.63) is 57.8 Å². The smallest absolute Gasteiger partial charge is 0.0205 e. The zero-order valence-electron chi connectivity index (χ0n) is 12.4. The van der Waals surface area contributed by atoms with E-state index in [-0.39, 0.29) is 5.41 Å². The molecule has 2 heteroatoms. The van der Waals surface area contributed by atoms with Crippen LogP contribution in [0.15, 0.2) is 41.8 Å². The Morgan fingerprint density at radius 3 is 2.50 bits per heavy atom. The lowest BCUT2D eigenvalue weighted by Crippen LogP contribution is -2.31. The van der Waals surface area contributed by atoms with Gasteiger partial charge in [-0.05, 0) is 41.3 Å². The summed E-state index contributed by atoms with van der Waals surface area (Å²) < 4.78 is 0. The number of nitrogens with one attached hydrogen (secondary N) is 1. The van der Waals surface area contributed by atoms with Crippen LogP contribution in [-0.2, 0) is 12.0 Å². The number of thiophene rings is 1. The Balaban J connectivity index is 1.51. The molecule has 0 aliphatic heterocycles. The van der Waals surface area contributed by atoms with Crippen molar-refractivity contribution in [1.82, 2.24) is 5.32 Å². The van der Waals surface area contributed by atoms with Crippen molar-refractivity contribution < 1.29 is 0 Å². The monoisotopic (exact) mass is 285 g/mol. The molecule has 106 valence electrons. The molecule has 20 heavy (non-hydrogen) atoms. The molecule has 0 amide bonds. The van der Waals surface area contributed by atoms with Crippen LogP contribution in [0.1, 0.15) is 48.6 Å². The summed E-state index contributed by atoms with van der Waals surface area (Å²) in [5, 5.41) is 5.76. The second-order valence-corrected chi connectivity index (χ2v) is 7.43. The number of hydrogen-bond donors (Lipinski definition) is 1. The quantitative estimate of drug-likeness (QED) is 0.811. The van der Waals surface area contributed by atoms with Crippen LogP contribution in [0, 0.1) is 0 Å². The van der Waals surface area contributed by atoms with E-state index in [0.717, 1.165) is 19.0 Å². The van der Waals surface area contributed by atoms with Gasteiger partial charge in [-0.15, -0.1) is 11.3 Å². The maximum atomic E-state index is 3.60. The van der Waals surface area contributed by atoms with Crippen LogP contribution < -0.4 is 5.32 Å². The van der Waals surface area contributed by atoms with Crippen molar-refractivity contribution in [2.24, 2.45) is 0 Å². The van der Waals surface area contributed by atoms with Gasteiger partial charge < -0.3 is 5.32 Å². The van der Waals surface area contributed by atoms with E-state index >= 15 is 0 Å². The lowest BCUT2D eigenvalue weighted by Gasteiger charge is -2.23. The normalized spacial score (nSPS) is 15.5. The van der Waals surface area contributed by atoms with E-state index in [2.05, 4.69) is 60.9 Å². The Morgan fingerprint density at radius 1 is 1.15 bits per heavy atom. The average molecular weight is 285 g/mol. The highest BCUT2D eigenvalue weighted by atomic mass is 32.1. The third-order valence-corrected chi connectivity index (χ3v) is 5.35. The molecule has 0 unspecified atom stereocenters. The predicted molar refractivity (Wildman–Crippen MR) is 87.5 cm³/mol. The van der Waals surface area contributed by atoms with E-state index in [1.165, 1.54) is 28.8 Å². The highest BCUT2D eigenvalue weighted by Crippen LogP contribution is 2.39. The molecule has 1 aliphatic carbocycles. The van der Waals surface area contributed by atoms with Crippen LogP contribution in [0.2, 0.25) is 0 Å². The number of rotatable bonds is 6. The minimum Gasteiger partial charge on any atom is -0.312 e. The Hall–Kier alpha value is -1.12. The van der Waals surface area contributed by atoms with Gasteiger partial charge in [-0.2, -0.15) is 0 Å². The predicted octanol–water partition coefficient (Wildman–Crippen LogP) is 4.69. The molecule has 3 rings (SSSR count). The maximum Gasteiger partial charge on any atom is 0.0205 e. The molecule has 0 atom stereocenters. The van der Waals surface area contributed by atoms with Gasteiger partial charge in [-0.3, -0.25) is 0 Å². The third-order valence-electron chi connectivity index (χ3n) is 4.11. The second-order valence-electron chi connectivity index (χ2n) is 6.48. The fourth-order valence-electron chi connectivity index (χ4n) is 2.59. The highest BCUT2D eigenvalue weighted by Gasteiger charge is 2.23. The summed E-state index contributed by atoms with van der Waals surface area (Å²) in [5.41, 5.74) is 3.12. The van der Waals surface area contributed by atoms with Crippen LogP contribution in [0.5, 0.6) is 0 Å². The fraction of sp³-hybridized carbons (Fsp3) is 0.444. The van der Waals surface area contributed by atoms with Gasteiger partial charge >= 0.3 is 0 Å². The molecule has 0 bridgehead atoms. The minimum atomic E-state index is 0.210. The van der Waals surface area contributed by atoms with Crippen molar-refractivity contribution in [2.75, 3.05) is 6.54 Å². The lowest BCUT2D eigenvalue weighted by molar-refractivity contribution is 0.477. The van der Waals surface area contributed by atoms with E-state index in [1.807, 2.05) is 11.3 Å². The zero-order valence-corrected chi connectivity index (χ0v) is 13.2. The van der Waals surface area contributed by atoms with E-state index in [0.29, 0.717) is 0 Å². The molecule has 1 nitrogen and oxygen atoms in total. The minimum absolute atomic E-state index is 0.210. The molecule has 1 saturated carbocycles. The topological polar surface area (TPSA) is 12.0 Å². The van der Waals surface area contributed by atoms with Crippen molar-refractivity contribution in [3.63, 3.8) is 0 Å². The van der Waals surface area contributed by atoms with Crippen LogP contribution in [0.3, 0.4) is 0 Å². The van der Waals surface area contributed by atoms with E-state index < -0.39 is 0 Å². The molecule has 2 aromatic rings. The van der Waals surface area contributed by atoms with E-state index in [1.54, 1.807) is 0 Å². The highest BCUT2D eigenvalue weighted by molar-refractivity contribution is 7.10. The molecule has 1 aromatic carbocycles. The van der Waals surface area contributed by atoms with Gasteiger partial charge in [0.2, 0.25) is 0 Å². The molecular weight excluding hydrogens is 262 g/mol. The Bertz CT molecular complexity index is 535. The van der Waals surface area contributed by atoms with Gasteiger partial charge in [0.1, 0.15) is 0 Å². The summed E-state index contributed by atoms with van der Waals surface area (Å²) in [5.74, 6) is 0.856. The summed E-state index contributed by atoms with van der Waals surface area (Å²) in [6, 6.07) is 13.5. The summed E-state index contributed by atoms with van der Waals surface area (Å²) in [4.78, 5) is 1.45. The molecule has 0 radical (unpaired) electrons. The Kier molecular flexibility index (Phi) is 3.95. The Labute approximate surface area is 126 Å². The first-order valence-electron chi connectivity index (χ1n) is 7.49. The first-order chi connectivity index (χ1) is 9.65. The van der Waals surface area contributed by atoms with Crippen LogP contribution in [-0.4, -0.2) is 6.54 Å². The van der Waals surface area contributed by atoms with E-state index in [9.17, 15) is 0 Å². The average Bonchev–Trinajstić information content (AvgIpc) is 3.13. The van der Waals surface area contributed by atoms with Crippen molar-refractivity contribution >= 4 is 11.3 Å². The molecule has 1 fully saturated rings. The summed E-state index contributed by atoms with van der Waals surface area (Å²) >= 11 is 1.85. The second kappa shape index (κ2) is 5.71. The fourth-order valence-corrected chi connectivity index (χ4v) is 3.45. The van der Waals surface area contributed by atoms with Crippen molar-refractivity contribution in [2.45, 2.75) is 44.6 Å². The zero-order chi connectivity index (χ0) is 14.0.